The van der Waals surface area contributed by atoms with Crippen molar-refractivity contribution in [3.63, 3.8) is 0 Å². The normalized spacial score (nSPS) is 27.1. The highest BCUT2D eigenvalue weighted by atomic mass is 16.5. The van der Waals surface area contributed by atoms with E-state index in [1.807, 2.05) is 0 Å². The summed E-state index contributed by atoms with van der Waals surface area (Å²) < 4.78 is 4.72. The lowest BCUT2D eigenvalue weighted by atomic mass is 9.87. The molecule has 0 aromatic heterocycles. The molecule has 1 aliphatic carbocycles. The van der Waals surface area contributed by atoms with Crippen LogP contribution in [0.1, 0.15) is 12.8 Å². The Kier molecular flexibility index (Phi) is 3.10. The van der Waals surface area contributed by atoms with Crippen molar-refractivity contribution in [3.05, 3.63) is 12.7 Å². The Bertz CT molecular complexity index is 182. The summed E-state index contributed by atoms with van der Waals surface area (Å²) in [6.45, 7) is 3.68. The SMILES string of the molecule is C=CCOC(=O)N[C@@H]1CC[C@H]1N. The number of hydrogen-bond donors (Lipinski definition) is 2. The summed E-state index contributed by atoms with van der Waals surface area (Å²) in [6.07, 6.45) is 3.05. The molecule has 0 aliphatic heterocycles. The maximum absolute atomic E-state index is 10.9. The molecule has 0 saturated heterocycles. The molecule has 0 aromatic carbocycles. The van der Waals surface area contributed by atoms with E-state index in [1.165, 1.54) is 6.08 Å². The van der Waals surface area contributed by atoms with Crippen LogP contribution in [-0.2, 0) is 4.74 Å². The van der Waals surface area contributed by atoms with Crippen LogP contribution < -0.4 is 11.1 Å². The molecule has 1 amide bonds. The van der Waals surface area contributed by atoms with E-state index in [9.17, 15) is 4.79 Å². The second-order valence-corrected chi connectivity index (χ2v) is 2.88. The number of rotatable bonds is 3. The molecular weight excluding hydrogens is 156 g/mol. The van der Waals surface area contributed by atoms with Crippen molar-refractivity contribution in [3.8, 4) is 0 Å². The summed E-state index contributed by atoms with van der Waals surface area (Å²) in [4.78, 5) is 10.9. The summed E-state index contributed by atoms with van der Waals surface area (Å²) in [5.41, 5.74) is 5.61. The smallest absolute Gasteiger partial charge is 0.407 e. The van der Waals surface area contributed by atoms with Crippen LogP contribution >= 0.6 is 0 Å². The minimum absolute atomic E-state index is 0.0984. The molecule has 68 valence electrons. The first-order chi connectivity index (χ1) is 5.74. The maximum atomic E-state index is 10.9. The summed E-state index contributed by atoms with van der Waals surface area (Å²) in [5.74, 6) is 0. The number of alkyl carbamates (subject to hydrolysis) is 1. The van der Waals surface area contributed by atoms with Crippen molar-refractivity contribution in [2.75, 3.05) is 6.61 Å². The Hall–Kier alpha value is -1.03. The third-order valence-electron chi connectivity index (χ3n) is 1.96. The number of nitrogens with one attached hydrogen (secondary N) is 1. The third kappa shape index (κ3) is 2.23. The van der Waals surface area contributed by atoms with Crippen LogP contribution in [0.5, 0.6) is 0 Å². The van der Waals surface area contributed by atoms with Crippen LogP contribution in [-0.4, -0.2) is 24.8 Å². The second kappa shape index (κ2) is 4.11. The number of carbonyl (C=O) groups is 1. The molecule has 0 unspecified atom stereocenters. The van der Waals surface area contributed by atoms with Crippen molar-refractivity contribution in [1.82, 2.24) is 5.32 Å². The molecule has 0 radical (unpaired) electrons. The first-order valence-electron chi connectivity index (χ1n) is 4.04. The Balaban J connectivity index is 2.13. The van der Waals surface area contributed by atoms with Gasteiger partial charge in [0, 0.05) is 12.1 Å². The van der Waals surface area contributed by atoms with Gasteiger partial charge in [-0.2, -0.15) is 0 Å². The molecule has 0 heterocycles. The van der Waals surface area contributed by atoms with Gasteiger partial charge in [0.15, 0.2) is 0 Å². The van der Waals surface area contributed by atoms with E-state index >= 15 is 0 Å². The van der Waals surface area contributed by atoms with Gasteiger partial charge in [0.05, 0.1) is 0 Å². The van der Waals surface area contributed by atoms with E-state index in [4.69, 9.17) is 10.5 Å². The molecule has 1 fully saturated rings. The zero-order valence-corrected chi connectivity index (χ0v) is 6.95. The summed E-state index contributed by atoms with van der Waals surface area (Å²) in [6, 6.07) is 0.198. The zero-order valence-electron chi connectivity index (χ0n) is 6.95. The predicted octanol–water partition coefficient (Wildman–Crippen LogP) is 0.388. The Morgan fingerprint density at radius 1 is 1.75 bits per heavy atom. The van der Waals surface area contributed by atoms with Gasteiger partial charge in [-0.05, 0) is 12.8 Å². The fraction of sp³-hybridized carbons (Fsp3) is 0.625. The monoisotopic (exact) mass is 170 g/mol. The predicted molar refractivity (Wildman–Crippen MR) is 45.7 cm³/mol. The molecule has 0 spiro atoms. The zero-order chi connectivity index (χ0) is 8.97. The van der Waals surface area contributed by atoms with Crippen LogP contribution in [0.15, 0.2) is 12.7 Å². The van der Waals surface area contributed by atoms with E-state index in [-0.39, 0.29) is 18.7 Å². The molecule has 12 heavy (non-hydrogen) atoms. The highest BCUT2D eigenvalue weighted by Gasteiger charge is 2.28. The molecule has 4 nitrogen and oxygen atoms in total. The van der Waals surface area contributed by atoms with Crippen LogP contribution in [0.3, 0.4) is 0 Å². The molecule has 1 rings (SSSR count). The van der Waals surface area contributed by atoms with Crippen LogP contribution in [0.4, 0.5) is 4.79 Å². The molecule has 1 saturated carbocycles. The number of amides is 1. The van der Waals surface area contributed by atoms with E-state index in [2.05, 4.69) is 11.9 Å². The standard InChI is InChI=1S/C8H14N2O2/c1-2-5-12-8(11)10-7-4-3-6(7)9/h2,6-7H,1,3-5,9H2,(H,10,11)/t6-,7-/m1/s1. The molecule has 0 bridgehead atoms. The highest BCUT2D eigenvalue weighted by molar-refractivity contribution is 5.67. The van der Waals surface area contributed by atoms with Gasteiger partial charge in [0.1, 0.15) is 6.61 Å². The molecular formula is C8H14N2O2. The van der Waals surface area contributed by atoms with Gasteiger partial charge < -0.3 is 15.8 Å². The lowest BCUT2D eigenvalue weighted by molar-refractivity contribution is 0.144. The van der Waals surface area contributed by atoms with Crippen LogP contribution in [0.25, 0.3) is 0 Å². The number of nitrogens with two attached hydrogens (primary N) is 1. The van der Waals surface area contributed by atoms with Gasteiger partial charge in [0.2, 0.25) is 0 Å². The highest BCUT2D eigenvalue weighted by Crippen LogP contribution is 2.17. The average molecular weight is 170 g/mol. The van der Waals surface area contributed by atoms with E-state index in [0.29, 0.717) is 0 Å². The minimum Gasteiger partial charge on any atom is -0.445 e. The van der Waals surface area contributed by atoms with E-state index in [0.717, 1.165) is 12.8 Å². The Labute approximate surface area is 71.8 Å². The molecule has 2 atom stereocenters. The molecule has 1 aliphatic rings. The molecule has 3 N–H and O–H groups in total. The Morgan fingerprint density at radius 2 is 2.50 bits per heavy atom. The van der Waals surface area contributed by atoms with Gasteiger partial charge in [-0.15, -0.1) is 0 Å². The van der Waals surface area contributed by atoms with Crippen molar-refractivity contribution >= 4 is 6.09 Å². The lowest BCUT2D eigenvalue weighted by Gasteiger charge is -2.33. The van der Waals surface area contributed by atoms with Crippen molar-refractivity contribution in [2.24, 2.45) is 5.73 Å². The largest absolute Gasteiger partial charge is 0.445 e. The van der Waals surface area contributed by atoms with Gasteiger partial charge in [-0.25, -0.2) is 4.79 Å². The van der Waals surface area contributed by atoms with Crippen molar-refractivity contribution in [1.29, 1.82) is 0 Å². The third-order valence-corrected chi connectivity index (χ3v) is 1.96. The quantitative estimate of drug-likeness (QED) is 0.602. The average Bonchev–Trinajstić information content (AvgIpc) is 2.08. The minimum atomic E-state index is -0.407. The van der Waals surface area contributed by atoms with Crippen molar-refractivity contribution < 1.29 is 9.53 Å². The topological polar surface area (TPSA) is 64.3 Å². The molecule has 0 aromatic rings. The van der Waals surface area contributed by atoms with E-state index in [1.54, 1.807) is 0 Å². The van der Waals surface area contributed by atoms with Gasteiger partial charge in [-0.1, -0.05) is 12.7 Å². The second-order valence-electron chi connectivity index (χ2n) is 2.88. The van der Waals surface area contributed by atoms with E-state index < -0.39 is 6.09 Å². The van der Waals surface area contributed by atoms with Gasteiger partial charge in [-0.3, -0.25) is 0 Å². The number of hydrogen-bond acceptors (Lipinski definition) is 3. The number of carbonyl (C=O) groups excluding carboxylic acids is 1. The van der Waals surface area contributed by atoms with Gasteiger partial charge in [0.25, 0.3) is 0 Å². The Morgan fingerprint density at radius 3 is 2.92 bits per heavy atom. The maximum Gasteiger partial charge on any atom is 0.407 e. The fourth-order valence-corrected chi connectivity index (χ4v) is 1.03. The summed E-state index contributed by atoms with van der Waals surface area (Å²) >= 11 is 0. The first kappa shape index (κ1) is 9.06. The van der Waals surface area contributed by atoms with Crippen LogP contribution in [0.2, 0.25) is 0 Å². The summed E-state index contributed by atoms with van der Waals surface area (Å²) in [7, 11) is 0. The van der Waals surface area contributed by atoms with Crippen molar-refractivity contribution in [2.45, 2.75) is 24.9 Å². The fourth-order valence-electron chi connectivity index (χ4n) is 1.03. The van der Waals surface area contributed by atoms with Gasteiger partial charge >= 0.3 is 6.09 Å². The lowest BCUT2D eigenvalue weighted by Crippen LogP contribution is -2.54. The summed E-state index contributed by atoms with van der Waals surface area (Å²) in [5, 5.41) is 2.67. The van der Waals surface area contributed by atoms with Crippen LogP contribution in [0, 0.1) is 0 Å². The molecule has 4 heteroatoms. The number of ether oxygens (including phenoxy) is 1. The first-order valence-corrected chi connectivity index (χ1v) is 4.04.